The fraction of sp³-hybridized carbons (Fsp3) is 0.571. The molecule has 3 rings (SSSR count). The number of aliphatic imine (C=N–C) groups is 1. The van der Waals surface area contributed by atoms with Gasteiger partial charge in [0.2, 0.25) is 5.89 Å². The van der Waals surface area contributed by atoms with Gasteiger partial charge in [0.25, 0.3) is 0 Å². The Labute approximate surface area is 185 Å². The molecule has 0 radical (unpaired) electrons. The molecule has 0 amide bonds. The number of aryl methyl sites for hydroxylation is 2. The van der Waals surface area contributed by atoms with E-state index in [0.29, 0.717) is 11.7 Å². The summed E-state index contributed by atoms with van der Waals surface area (Å²) in [5, 5.41) is 10.6. The lowest BCUT2D eigenvalue weighted by Gasteiger charge is -2.28. The van der Waals surface area contributed by atoms with Crippen molar-refractivity contribution in [3.8, 4) is 0 Å². The summed E-state index contributed by atoms with van der Waals surface area (Å²) in [6, 6.07) is 10.9. The molecule has 0 spiro atoms. The highest BCUT2D eigenvalue weighted by molar-refractivity contribution is 14.0. The fourth-order valence-corrected chi connectivity index (χ4v) is 3.84. The van der Waals surface area contributed by atoms with Gasteiger partial charge in [-0.3, -0.25) is 4.99 Å². The molecule has 0 atom stereocenters. The molecule has 1 aliphatic rings. The second-order valence-electron chi connectivity index (χ2n) is 7.31. The molecule has 1 aromatic carbocycles. The van der Waals surface area contributed by atoms with Gasteiger partial charge < -0.3 is 15.2 Å². The normalized spacial score (nSPS) is 15.9. The topological polar surface area (TPSA) is 75.3 Å². The number of halogens is 1. The first-order valence-corrected chi connectivity index (χ1v) is 10.1. The van der Waals surface area contributed by atoms with E-state index in [1.165, 1.54) is 31.2 Å². The molecule has 154 valence electrons. The van der Waals surface area contributed by atoms with Crippen molar-refractivity contribution < 1.29 is 4.52 Å². The number of guanidine groups is 1. The highest BCUT2D eigenvalue weighted by atomic mass is 127. The molecule has 2 aromatic rings. The zero-order chi connectivity index (χ0) is 19.0. The molecular weight excluding hydrogens is 465 g/mol. The monoisotopic (exact) mass is 497 g/mol. The summed E-state index contributed by atoms with van der Waals surface area (Å²) in [4.78, 5) is 9.18. The minimum Gasteiger partial charge on any atom is -0.357 e. The maximum absolute atomic E-state index is 5.16. The fourth-order valence-electron chi connectivity index (χ4n) is 3.84. The molecular formula is C21H32IN5O. The molecule has 0 unspecified atom stereocenters. The van der Waals surface area contributed by atoms with Gasteiger partial charge in [0, 0.05) is 24.9 Å². The average molecular weight is 497 g/mol. The van der Waals surface area contributed by atoms with Gasteiger partial charge in [0.1, 0.15) is 0 Å². The first-order chi connectivity index (χ1) is 13.2. The van der Waals surface area contributed by atoms with Crippen LogP contribution in [0.1, 0.15) is 56.3 Å². The number of nitrogens with one attached hydrogen (secondary N) is 2. The quantitative estimate of drug-likeness (QED) is 0.250. The lowest BCUT2D eigenvalue weighted by molar-refractivity contribution is 0.372. The Balaban J connectivity index is 0.00000280. The van der Waals surface area contributed by atoms with Crippen molar-refractivity contribution in [1.29, 1.82) is 0 Å². The summed E-state index contributed by atoms with van der Waals surface area (Å²) in [5.41, 5.74) is 1.61. The molecule has 7 heteroatoms. The predicted molar refractivity (Wildman–Crippen MR) is 123 cm³/mol. The van der Waals surface area contributed by atoms with E-state index < -0.39 is 0 Å². The minimum absolute atomic E-state index is 0. The van der Waals surface area contributed by atoms with E-state index in [2.05, 4.69) is 58.0 Å². The van der Waals surface area contributed by atoms with Gasteiger partial charge >= 0.3 is 0 Å². The molecule has 2 N–H and O–H groups in total. The third-order valence-corrected chi connectivity index (χ3v) is 5.26. The van der Waals surface area contributed by atoms with Crippen LogP contribution < -0.4 is 10.6 Å². The lowest BCUT2D eigenvalue weighted by Crippen LogP contribution is -2.39. The number of benzene rings is 1. The number of nitrogens with zero attached hydrogens (tertiary/aromatic N) is 3. The van der Waals surface area contributed by atoms with Gasteiger partial charge in [0.15, 0.2) is 11.8 Å². The van der Waals surface area contributed by atoms with Gasteiger partial charge in [-0.1, -0.05) is 48.3 Å². The van der Waals surface area contributed by atoms with Crippen LogP contribution in [0.3, 0.4) is 0 Å². The Morgan fingerprint density at radius 2 is 1.93 bits per heavy atom. The highest BCUT2D eigenvalue weighted by Gasteiger charge is 2.35. The molecule has 0 aliphatic heterocycles. The lowest BCUT2D eigenvalue weighted by atomic mass is 9.79. The molecule has 6 nitrogen and oxygen atoms in total. The van der Waals surface area contributed by atoms with E-state index in [4.69, 9.17) is 9.52 Å². The van der Waals surface area contributed by atoms with Gasteiger partial charge in [-0.2, -0.15) is 4.98 Å². The summed E-state index contributed by atoms with van der Waals surface area (Å²) in [6.45, 7) is 6.45. The van der Waals surface area contributed by atoms with Crippen LogP contribution in [0.25, 0.3) is 0 Å². The van der Waals surface area contributed by atoms with Crippen LogP contribution >= 0.6 is 24.0 Å². The Morgan fingerprint density at radius 1 is 1.18 bits per heavy atom. The van der Waals surface area contributed by atoms with Crippen LogP contribution in [0.2, 0.25) is 0 Å². The maximum Gasteiger partial charge on any atom is 0.226 e. The third-order valence-electron chi connectivity index (χ3n) is 5.26. The van der Waals surface area contributed by atoms with Crippen LogP contribution in [0.4, 0.5) is 0 Å². The van der Waals surface area contributed by atoms with E-state index in [9.17, 15) is 0 Å². The Bertz CT molecular complexity index is 725. The van der Waals surface area contributed by atoms with Crippen molar-refractivity contribution in [2.45, 2.75) is 57.8 Å². The molecule has 0 bridgehead atoms. The van der Waals surface area contributed by atoms with Crippen molar-refractivity contribution in [3.63, 3.8) is 0 Å². The smallest absolute Gasteiger partial charge is 0.226 e. The Kier molecular flexibility index (Phi) is 9.21. The SMILES string of the molecule is CCNC(=NCC1(c2ccccc2)CCCC1)NCCCc1nc(C)no1.I. The summed E-state index contributed by atoms with van der Waals surface area (Å²) >= 11 is 0. The van der Waals surface area contributed by atoms with E-state index in [1.54, 1.807) is 0 Å². The molecule has 28 heavy (non-hydrogen) atoms. The van der Waals surface area contributed by atoms with Crippen LogP contribution in [-0.2, 0) is 11.8 Å². The van der Waals surface area contributed by atoms with Gasteiger partial charge in [-0.25, -0.2) is 0 Å². The zero-order valence-corrected chi connectivity index (χ0v) is 19.2. The van der Waals surface area contributed by atoms with E-state index >= 15 is 0 Å². The summed E-state index contributed by atoms with van der Waals surface area (Å²) in [6.07, 6.45) is 6.72. The Morgan fingerprint density at radius 3 is 2.57 bits per heavy atom. The van der Waals surface area contributed by atoms with Crippen LogP contribution in [-0.4, -0.2) is 35.7 Å². The van der Waals surface area contributed by atoms with Crippen LogP contribution in [0.5, 0.6) is 0 Å². The van der Waals surface area contributed by atoms with Crippen LogP contribution in [0, 0.1) is 6.92 Å². The molecule has 1 heterocycles. The molecule has 1 aromatic heterocycles. The second kappa shape index (κ2) is 11.4. The van der Waals surface area contributed by atoms with E-state index in [1.807, 2.05) is 6.92 Å². The second-order valence-corrected chi connectivity index (χ2v) is 7.31. The van der Waals surface area contributed by atoms with E-state index in [-0.39, 0.29) is 29.4 Å². The molecule has 1 fully saturated rings. The highest BCUT2D eigenvalue weighted by Crippen LogP contribution is 2.41. The Hall–Kier alpha value is -1.64. The third kappa shape index (κ3) is 6.18. The average Bonchev–Trinajstić information content (AvgIpc) is 3.34. The molecule has 0 saturated heterocycles. The summed E-state index contributed by atoms with van der Waals surface area (Å²) in [5.74, 6) is 2.28. The zero-order valence-electron chi connectivity index (χ0n) is 16.9. The van der Waals surface area contributed by atoms with Crippen molar-refractivity contribution in [3.05, 3.63) is 47.6 Å². The largest absolute Gasteiger partial charge is 0.357 e. The number of hydrogen-bond donors (Lipinski definition) is 2. The predicted octanol–water partition coefficient (Wildman–Crippen LogP) is 4.00. The first-order valence-electron chi connectivity index (χ1n) is 10.1. The number of hydrogen-bond acceptors (Lipinski definition) is 4. The van der Waals surface area contributed by atoms with Crippen molar-refractivity contribution in [2.75, 3.05) is 19.6 Å². The van der Waals surface area contributed by atoms with E-state index in [0.717, 1.165) is 38.4 Å². The number of aromatic nitrogens is 2. The van der Waals surface area contributed by atoms with Crippen molar-refractivity contribution in [2.24, 2.45) is 4.99 Å². The van der Waals surface area contributed by atoms with Gasteiger partial charge in [-0.15, -0.1) is 24.0 Å². The van der Waals surface area contributed by atoms with Crippen molar-refractivity contribution >= 4 is 29.9 Å². The van der Waals surface area contributed by atoms with Gasteiger partial charge in [0.05, 0.1) is 6.54 Å². The molecule has 1 aliphatic carbocycles. The van der Waals surface area contributed by atoms with Crippen molar-refractivity contribution in [1.82, 2.24) is 20.8 Å². The van der Waals surface area contributed by atoms with Crippen LogP contribution in [0.15, 0.2) is 39.8 Å². The van der Waals surface area contributed by atoms with Gasteiger partial charge in [-0.05, 0) is 38.7 Å². The first kappa shape index (κ1) is 22.6. The standard InChI is InChI=1S/C21H31N5O.HI/c1-3-22-20(23-15-9-12-19-25-17(2)26-27-19)24-16-21(13-7-8-14-21)18-10-5-4-6-11-18;/h4-6,10-11H,3,7-9,12-16H2,1-2H3,(H2,22,23,24);1H. The maximum atomic E-state index is 5.16. The minimum atomic E-state index is 0. The number of rotatable bonds is 8. The molecule has 1 saturated carbocycles. The summed E-state index contributed by atoms with van der Waals surface area (Å²) < 4.78 is 5.16. The summed E-state index contributed by atoms with van der Waals surface area (Å²) in [7, 11) is 0.